The molecule has 160 valence electrons. The molecule has 5 nitrogen and oxygen atoms in total. The van der Waals surface area contributed by atoms with Crippen LogP contribution in [0.2, 0.25) is 0 Å². The normalized spacial score (nSPS) is 21.8. The molecule has 2 aliphatic rings. The minimum atomic E-state index is -0.510. The summed E-state index contributed by atoms with van der Waals surface area (Å²) in [6.45, 7) is 15.0. The number of Topliss-reactive ketones (excluding diaryl/α,β-unsaturated/α-hetero) is 1. The van der Waals surface area contributed by atoms with E-state index in [-0.39, 0.29) is 28.8 Å². The first-order valence-electron chi connectivity index (χ1n) is 10.6. The van der Waals surface area contributed by atoms with Crippen LogP contribution in [0.25, 0.3) is 0 Å². The van der Waals surface area contributed by atoms with Crippen LogP contribution in [0.15, 0.2) is 46.7 Å². The summed E-state index contributed by atoms with van der Waals surface area (Å²) in [4.78, 5) is 26.1. The molecule has 1 aliphatic heterocycles. The standard InChI is InChI=1S/C23H27N3O2.C2H6/c1-13(2)20-21(19(10-17-6-7-17)16(5)26-23(20)28)22(27)15(4)9-18(12-25)8-14(3)11-24;1-2/h8-9,13,17,20-21H,3,6-7,10H2,1-2,4-5H3,(H,26,28);1-2H3/b15-9+,18-8+;. The Morgan fingerprint density at radius 3 is 2.30 bits per heavy atom. The van der Waals surface area contributed by atoms with Gasteiger partial charge in [0.2, 0.25) is 5.91 Å². The molecule has 0 radical (unpaired) electrons. The number of nitriles is 2. The quantitative estimate of drug-likeness (QED) is 0.359. The second-order valence-corrected chi connectivity index (χ2v) is 8.07. The Morgan fingerprint density at radius 2 is 1.83 bits per heavy atom. The average molecular weight is 408 g/mol. The molecular weight excluding hydrogens is 374 g/mol. The van der Waals surface area contributed by atoms with Gasteiger partial charge in [-0.1, -0.05) is 34.3 Å². The number of carbonyl (C=O) groups is 2. The van der Waals surface area contributed by atoms with Crippen molar-refractivity contribution in [2.45, 2.75) is 60.8 Å². The van der Waals surface area contributed by atoms with Crippen molar-refractivity contribution in [2.24, 2.45) is 23.7 Å². The van der Waals surface area contributed by atoms with E-state index < -0.39 is 11.8 Å². The molecule has 0 bridgehead atoms. The zero-order valence-corrected chi connectivity index (χ0v) is 19.0. The van der Waals surface area contributed by atoms with Crippen LogP contribution in [-0.4, -0.2) is 11.7 Å². The van der Waals surface area contributed by atoms with Crippen LogP contribution in [-0.2, 0) is 9.59 Å². The summed E-state index contributed by atoms with van der Waals surface area (Å²) >= 11 is 0. The number of hydrogen-bond donors (Lipinski definition) is 1. The Labute approximate surface area is 180 Å². The van der Waals surface area contributed by atoms with Gasteiger partial charge in [-0.3, -0.25) is 9.59 Å². The first kappa shape index (κ1) is 25.1. The van der Waals surface area contributed by atoms with Crippen molar-refractivity contribution >= 4 is 11.7 Å². The van der Waals surface area contributed by atoms with Gasteiger partial charge in [0, 0.05) is 11.3 Å². The van der Waals surface area contributed by atoms with Crippen molar-refractivity contribution in [1.82, 2.24) is 5.32 Å². The number of hydrogen-bond acceptors (Lipinski definition) is 4. The molecule has 30 heavy (non-hydrogen) atoms. The van der Waals surface area contributed by atoms with E-state index in [1.807, 2.05) is 46.8 Å². The zero-order chi connectivity index (χ0) is 23.0. The van der Waals surface area contributed by atoms with Gasteiger partial charge in [0.25, 0.3) is 0 Å². The fourth-order valence-corrected chi connectivity index (χ4v) is 3.75. The van der Waals surface area contributed by atoms with Crippen molar-refractivity contribution < 1.29 is 9.59 Å². The van der Waals surface area contributed by atoms with Gasteiger partial charge in [-0.05, 0) is 68.2 Å². The second kappa shape index (κ2) is 11.3. The van der Waals surface area contributed by atoms with Crippen molar-refractivity contribution in [2.75, 3.05) is 0 Å². The number of amides is 1. The van der Waals surface area contributed by atoms with E-state index in [1.54, 1.807) is 6.92 Å². The number of nitrogens with one attached hydrogen (secondary N) is 1. The molecule has 1 amide bonds. The molecule has 1 saturated carbocycles. The Morgan fingerprint density at radius 1 is 1.23 bits per heavy atom. The van der Waals surface area contributed by atoms with Crippen molar-refractivity contribution in [3.8, 4) is 12.1 Å². The van der Waals surface area contributed by atoms with Crippen LogP contribution in [0, 0.1) is 46.3 Å². The molecule has 1 aliphatic carbocycles. The Bertz CT molecular complexity index is 871. The maximum atomic E-state index is 13.4. The van der Waals surface area contributed by atoms with Gasteiger partial charge in [-0.25, -0.2) is 0 Å². The van der Waals surface area contributed by atoms with Crippen LogP contribution in [0.5, 0.6) is 0 Å². The molecule has 0 saturated heterocycles. The SMILES string of the molecule is C=C(C#N)/C=C(C#N)\C=C(/C)C(=O)C1C(CC2CC2)=C(C)NC(=O)C1C(C)C.CC. The number of ketones is 1. The Kier molecular flexibility index (Phi) is 9.47. The summed E-state index contributed by atoms with van der Waals surface area (Å²) in [6.07, 6.45) is 5.98. The summed E-state index contributed by atoms with van der Waals surface area (Å²) in [5, 5.41) is 21.1. The third kappa shape index (κ3) is 6.29. The number of allylic oxidation sites excluding steroid dienone is 7. The fourth-order valence-electron chi connectivity index (χ4n) is 3.75. The van der Waals surface area contributed by atoms with E-state index in [4.69, 9.17) is 5.26 Å². The maximum absolute atomic E-state index is 13.4. The summed E-state index contributed by atoms with van der Waals surface area (Å²) in [5.41, 5.74) is 2.56. The maximum Gasteiger partial charge on any atom is 0.228 e. The second-order valence-electron chi connectivity index (χ2n) is 8.07. The largest absolute Gasteiger partial charge is 0.330 e. The molecule has 2 rings (SSSR count). The molecule has 2 atom stereocenters. The number of nitrogens with zero attached hydrogens (tertiary/aromatic N) is 2. The van der Waals surface area contributed by atoms with Crippen molar-refractivity contribution in [3.05, 3.63) is 46.7 Å². The highest BCUT2D eigenvalue weighted by atomic mass is 16.2. The lowest BCUT2D eigenvalue weighted by atomic mass is 9.70. The lowest BCUT2D eigenvalue weighted by Crippen LogP contribution is -2.46. The van der Waals surface area contributed by atoms with Gasteiger partial charge in [0.15, 0.2) is 5.78 Å². The van der Waals surface area contributed by atoms with E-state index in [1.165, 1.54) is 12.2 Å². The predicted molar refractivity (Wildman–Crippen MR) is 119 cm³/mol. The van der Waals surface area contributed by atoms with E-state index in [0.29, 0.717) is 11.5 Å². The lowest BCUT2D eigenvalue weighted by Gasteiger charge is -2.36. The van der Waals surface area contributed by atoms with Gasteiger partial charge < -0.3 is 5.32 Å². The topological polar surface area (TPSA) is 93.8 Å². The first-order valence-corrected chi connectivity index (χ1v) is 10.6. The minimum absolute atomic E-state index is 0.00778. The minimum Gasteiger partial charge on any atom is -0.330 e. The Hall–Kier alpha value is -2.92. The van der Waals surface area contributed by atoms with Crippen LogP contribution < -0.4 is 5.32 Å². The summed E-state index contributed by atoms with van der Waals surface area (Å²) < 4.78 is 0. The van der Waals surface area contributed by atoms with Crippen LogP contribution in [0.1, 0.15) is 60.8 Å². The summed E-state index contributed by atoms with van der Waals surface area (Å²) in [6, 6.07) is 3.86. The monoisotopic (exact) mass is 407 g/mol. The van der Waals surface area contributed by atoms with Gasteiger partial charge in [0.05, 0.1) is 29.5 Å². The number of carbonyl (C=O) groups excluding carboxylic acids is 2. The van der Waals surface area contributed by atoms with E-state index >= 15 is 0 Å². The fraction of sp³-hybridized carbons (Fsp3) is 0.520. The van der Waals surface area contributed by atoms with E-state index in [2.05, 4.69) is 11.9 Å². The molecule has 1 N–H and O–H groups in total. The Balaban J connectivity index is 0.00000218. The predicted octanol–water partition coefficient (Wildman–Crippen LogP) is 5.15. The van der Waals surface area contributed by atoms with Gasteiger partial charge >= 0.3 is 0 Å². The third-order valence-corrected chi connectivity index (χ3v) is 5.40. The smallest absolute Gasteiger partial charge is 0.228 e. The van der Waals surface area contributed by atoms with Crippen LogP contribution in [0.4, 0.5) is 0 Å². The molecular formula is C25H33N3O2. The highest BCUT2D eigenvalue weighted by Gasteiger charge is 2.43. The highest BCUT2D eigenvalue weighted by Crippen LogP contribution is 2.43. The summed E-state index contributed by atoms with van der Waals surface area (Å²) in [5.74, 6) is -0.602. The molecule has 0 aromatic carbocycles. The molecule has 0 aromatic heterocycles. The average Bonchev–Trinajstić information content (AvgIpc) is 3.53. The van der Waals surface area contributed by atoms with Gasteiger partial charge in [-0.2, -0.15) is 10.5 Å². The van der Waals surface area contributed by atoms with E-state index in [0.717, 1.165) is 30.5 Å². The van der Waals surface area contributed by atoms with Gasteiger partial charge in [0.1, 0.15) is 0 Å². The molecule has 2 unspecified atom stereocenters. The first-order chi connectivity index (χ1) is 14.2. The molecule has 1 fully saturated rings. The van der Waals surface area contributed by atoms with Crippen LogP contribution in [0.3, 0.4) is 0 Å². The number of rotatable bonds is 7. The highest BCUT2D eigenvalue weighted by molar-refractivity contribution is 6.03. The van der Waals surface area contributed by atoms with E-state index in [9.17, 15) is 14.9 Å². The van der Waals surface area contributed by atoms with Crippen molar-refractivity contribution in [1.29, 1.82) is 10.5 Å². The summed E-state index contributed by atoms with van der Waals surface area (Å²) in [7, 11) is 0. The third-order valence-electron chi connectivity index (χ3n) is 5.40. The van der Waals surface area contributed by atoms with Crippen LogP contribution >= 0.6 is 0 Å². The molecule has 0 aromatic rings. The zero-order valence-electron chi connectivity index (χ0n) is 19.0. The molecule has 1 heterocycles. The lowest BCUT2D eigenvalue weighted by molar-refractivity contribution is -0.133. The molecule has 5 heteroatoms. The van der Waals surface area contributed by atoms with Gasteiger partial charge in [-0.15, -0.1) is 0 Å². The molecule has 0 spiro atoms. The van der Waals surface area contributed by atoms with Crippen molar-refractivity contribution in [3.63, 3.8) is 0 Å².